The third-order valence-electron chi connectivity index (χ3n) is 5.42. The van der Waals surface area contributed by atoms with Crippen LogP contribution in [-0.2, 0) is 22.2 Å². The largest absolute Gasteiger partial charge is 0.376 e. The molecule has 0 atom stereocenters. The van der Waals surface area contributed by atoms with Crippen molar-refractivity contribution in [3.05, 3.63) is 70.2 Å². The lowest BCUT2D eigenvalue weighted by Crippen LogP contribution is -2.43. The summed E-state index contributed by atoms with van der Waals surface area (Å²) in [6.45, 7) is 10.1. The van der Waals surface area contributed by atoms with E-state index < -0.39 is 0 Å². The quantitative estimate of drug-likeness (QED) is 0.751. The van der Waals surface area contributed by atoms with Crippen LogP contribution < -0.4 is 5.32 Å². The van der Waals surface area contributed by atoms with Gasteiger partial charge in [-0.2, -0.15) is 0 Å². The van der Waals surface area contributed by atoms with Gasteiger partial charge in [-0.1, -0.05) is 68.8 Å². The average Bonchev–Trinajstić information content (AvgIpc) is 2.62. The lowest BCUT2D eigenvalue weighted by atomic mass is 9.74. The monoisotopic (exact) mass is 371 g/mol. The van der Waals surface area contributed by atoms with Gasteiger partial charge in [0.2, 0.25) is 0 Å². The van der Waals surface area contributed by atoms with Crippen molar-refractivity contribution in [1.29, 1.82) is 0 Å². The summed E-state index contributed by atoms with van der Waals surface area (Å²) in [4.78, 5) is 0. The third kappa shape index (κ3) is 4.68. The summed E-state index contributed by atoms with van der Waals surface area (Å²) >= 11 is 6.34. The highest BCUT2D eigenvalue weighted by Gasteiger charge is 2.34. The molecule has 140 valence electrons. The molecule has 2 aromatic rings. The number of hydrogen-bond acceptors (Lipinski definition) is 2. The van der Waals surface area contributed by atoms with Crippen LogP contribution in [0.1, 0.15) is 50.3 Å². The van der Waals surface area contributed by atoms with Gasteiger partial charge < -0.3 is 10.1 Å². The Hall–Kier alpha value is -1.35. The first-order valence-corrected chi connectivity index (χ1v) is 9.91. The standard InChI is InChI=1S/C23H30ClNO/c1-22(2,3)20-13-18(14-21(24)15-20)16-26-17-23(9-11-25-12-10-23)19-7-5-4-6-8-19/h4-8,13-15,25H,9-12,16-17H2,1-3H3. The molecule has 0 aliphatic carbocycles. The van der Waals surface area contributed by atoms with Crippen molar-refractivity contribution < 1.29 is 4.74 Å². The Morgan fingerprint density at radius 2 is 1.73 bits per heavy atom. The average molecular weight is 372 g/mol. The number of piperidine rings is 1. The second-order valence-corrected chi connectivity index (χ2v) is 8.92. The number of halogens is 1. The van der Waals surface area contributed by atoms with Gasteiger partial charge in [-0.25, -0.2) is 0 Å². The Kier molecular flexibility index (Phi) is 6.06. The number of rotatable bonds is 5. The van der Waals surface area contributed by atoms with E-state index in [1.54, 1.807) is 0 Å². The first-order chi connectivity index (χ1) is 12.4. The fourth-order valence-electron chi connectivity index (χ4n) is 3.74. The maximum Gasteiger partial charge on any atom is 0.0717 e. The summed E-state index contributed by atoms with van der Waals surface area (Å²) in [6.07, 6.45) is 2.22. The van der Waals surface area contributed by atoms with E-state index in [2.05, 4.69) is 68.6 Å². The first-order valence-electron chi connectivity index (χ1n) is 9.53. The van der Waals surface area contributed by atoms with Crippen LogP contribution in [0, 0.1) is 0 Å². The Morgan fingerprint density at radius 1 is 1.04 bits per heavy atom. The van der Waals surface area contributed by atoms with Crippen molar-refractivity contribution in [3.8, 4) is 0 Å². The number of benzene rings is 2. The second kappa shape index (κ2) is 8.12. The second-order valence-electron chi connectivity index (χ2n) is 8.49. The van der Waals surface area contributed by atoms with Crippen LogP contribution in [0.15, 0.2) is 48.5 Å². The molecule has 1 aliphatic heterocycles. The summed E-state index contributed by atoms with van der Waals surface area (Å²) in [6, 6.07) is 17.1. The summed E-state index contributed by atoms with van der Waals surface area (Å²) < 4.78 is 6.25. The normalized spacial score (nSPS) is 17.2. The van der Waals surface area contributed by atoms with Crippen LogP contribution in [0.5, 0.6) is 0 Å². The van der Waals surface area contributed by atoms with Gasteiger partial charge in [0.25, 0.3) is 0 Å². The molecular formula is C23H30ClNO. The molecule has 3 rings (SSSR count). The molecule has 0 aromatic heterocycles. The maximum absolute atomic E-state index is 6.34. The highest BCUT2D eigenvalue weighted by molar-refractivity contribution is 6.30. The van der Waals surface area contributed by atoms with Crippen molar-refractivity contribution in [2.75, 3.05) is 19.7 Å². The van der Waals surface area contributed by atoms with Gasteiger partial charge in [0.05, 0.1) is 13.2 Å². The van der Waals surface area contributed by atoms with E-state index in [0.29, 0.717) is 6.61 Å². The minimum absolute atomic E-state index is 0.0833. The predicted octanol–water partition coefficient (Wildman–Crippen LogP) is 5.48. The zero-order valence-corrected chi connectivity index (χ0v) is 16.9. The SMILES string of the molecule is CC(C)(C)c1cc(Cl)cc(COCC2(c3ccccc3)CCNCC2)c1. The van der Waals surface area contributed by atoms with Crippen LogP contribution in [0.4, 0.5) is 0 Å². The number of hydrogen-bond donors (Lipinski definition) is 1. The zero-order valence-electron chi connectivity index (χ0n) is 16.1. The molecule has 0 bridgehead atoms. The van der Waals surface area contributed by atoms with E-state index in [0.717, 1.165) is 43.1 Å². The molecule has 1 saturated heterocycles. The van der Waals surface area contributed by atoms with Gasteiger partial charge >= 0.3 is 0 Å². The predicted molar refractivity (Wildman–Crippen MR) is 110 cm³/mol. The molecule has 3 heteroatoms. The van der Waals surface area contributed by atoms with Gasteiger partial charge in [0, 0.05) is 10.4 Å². The van der Waals surface area contributed by atoms with Crippen LogP contribution in [-0.4, -0.2) is 19.7 Å². The van der Waals surface area contributed by atoms with E-state index in [4.69, 9.17) is 16.3 Å². The Bertz CT molecular complexity index is 715. The molecule has 0 unspecified atom stereocenters. The van der Waals surface area contributed by atoms with E-state index in [-0.39, 0.29) is 10.8 Å². The summed E-state index contributed by atoms with van der Waals surface area (Å²) in [7, 11) is 0. The Morgan fingerprint density at radius 3 is 2.38 bits per heavy atom. The molecule has 1 fully saturated rings. The van der Waals surface area contributed by atoms with Crippen molar-refractivity contribution in [3.63, 3.8) is 0 Å². The fourth-order valence-corrected chi connectivity index (χ4v) is 4.00. The third-order valence-corrected chi connectivity index (χ3v) is 5.64. The zero-order chi connectivity index (χ0) is 18.6. The highest BCUT2D eigenvalue weighted by Crippen LogP contribution is 2.34. The minimum atomic E-state index is 0.0833. The van der Waals surface area contributed by atoms with Crippen molar-refractivity contribution in [1.82, 2.24) is 5.32 Å². The highest BCUT2D eigenvalue weighted by atomic mass is 35.5. The minimum Gasteiger partial charge on any atom is -0.376 e. The molecule has 0 saturated carbocycles. The lowest BCUT2D eigenvalue weighted by Gasteiger charge is -2.38. The molecule has 1 N–H and O–H groups in total. The lowest BCUT2D eigenvalue weighted by molar-refractivity contribution is 0.0565. The van der Waals surface area contributed by atoms with Gasteiger partial charge in [-0.05, 0) is 60.2 Å². The van der Waals surface area contributed by atoms with Gasteiger partial charge in [-0.3, -0.25) is 0 Å². The Labute approximate surface area is 162 Å². The molecule has 1 heterocycles. The van der Waals surface area contributed by atoms with Crippen molar-refractivity contribution in [2.24, 2.45) is 0 Å². The number of nitrogens with one attached hydrogen (secondary N) is 1. The molecule has 2 nitrogen and oxygen atoms in total. The van der Waals surface area contributed by atoms with Gasteiger partial charge in [0.1, 0.15) is 0 Å². The molecule has 0 radical (unpaired) electrons. The van der Waals surface area contributed by atoms with E-state index in [1.807, 2.05) is 6.07 Å². The van der Waals surface area contributed by atoms with Gasteiger partial charge in [0.15, 0.2) is 0 Å². The Balaban J connectivity index is 1.72. The topological polar surface area (TPSA) is 21.3 Å². The smallest absolute Gasteiger partial charge is 0.0717 e. The fraction of sp³-hybridized carbons (Fsp3) is 0.478. The van der Waals surface area contributed by atoms with E-state index in [1.165, 1.54) is 11.1 Å². The molecule has 1 aliphatic rings. The molecule has 26 heavy (non-hydrogen) atoms. The maximum atomic E-state index is 6.34. The molecule has 2 aromatic carbocycles. The molecular weight excluding hydrogens is 342 g/mol. The van der Waals surface area contributed by atoms with Crippen molar-refractivity contribution >= 4 is 11.6 Å². The van der Waals surface area contributed by atoms with Crippen LogP contribution in [0.25, 0.3) is 0 Å². The van der Waals surface area contributed by atoms with E-state index in [9.17, 15) is 0 Å². The summed E-state index contributed by atoms with van der Waals surface area (Å²) in [5.74, 6) is 0. The van der Waals surface area contributed by atoms with Crippen LogP contribution >= 0.6 is 11.6 Å². The summed E-state index contributed by atoms with van der Waals surface area (Å²) in [5, 5.41) is 4.26. The molecule has 0 amide bonds. The van der Waals surface area contributed by atoms with Crippen molar-refractivity contribution in [2.45, 2.75) is 51.0 Å². The number of ether oxygens (including phenoxy) is 1. The molecule has 0 spiro atoms. The van der Waals surface area contributed by atoms with E-state index >= 15 is 0 Å². The summed E-state index contributed by atoms with van der Waals surface area (Å²) in [5.41, 5.74) is 3.99. The first kappa shape index (κ1) is 19.4. The van der Waals surface area contributed by atoms with Gasteiger partial charge in [-0.15, -0.1) is 0 Å². The van der Waals surface area contributed by atoms with Crippen LogP contribution in [0.3, 0.4) is 0 Å². The van der Waals surface area contributed by atoms with Crippen LogP contribution in [0.2, 0.25) is 5.02 Å².